The van der Waals surface area contributed by atoms with Crippen LogP contribution >= 0.6 is 11.6 Å². The van der Waals surface area contributed by atoms with Crippen LogP contribution in [0.15, 0.2) is 42.5 Å². The number of aryl methyl sites for hydroxylation is 1. The van der Waals surface area contributed by atoms with E-state index in [-0.39, 0.29) is 18.6 Å². The van der Waals surface area contributed by atoms with Gasteiger partial charge >= 0.3 is 5.97 Å². The summed E-state index contributed by atoms with van der Waals surface area (Å²) in [6.45, 7) is 5.32. The molecule has 0 saturated heterocycles. The Morgan fingerprint density at radius 2 is 1.79 bits per heavy atom. The first-order chi connectivity index (χ1) is 11.4. The lowest BCUT2D eigenvalue weighted by atomic mass is 10.0. The molecule has 0 saturated carbocycles. The zero-order valence-corrected chi connectivity index (χ0v) is 14.7. The molecule has 1 atom stereocenters. The van der Waals surface area contributed by atoms with Crippen LogP contribution in [0, 0.1) is 13.8 Å². The molecule has 5 heteroatoms. The fraction of sp³-hybridized carbons (Fsp3) is 0.263. The highest BCUT2D eigenvalue weighted by molar-refractivity contribution is 6.30. The number of hydrogen-bond donors (Lipinski definition) is 1. The number of carbonyl (C=O) groups is 2. The Morgan fingerprint density at radius 3 is 2.46 bits per heavy atom. The molecule has 0 aromatic heterocycles. The Labute approximate surface area is 146 Å². The van der Waals surface area contributed by atoms with E-state index in [1.165, 1.54) is 0 Å². The number of hydrogen-bond acceptors (Lipinski definition) is 3. The molecule has 24 heavy (non-hydrogen) atoms. The van der Waals surface area contributed by atoms with Crippen molar-refractivity contribution in [3.8, 4) is 0 Å². The predicted molar refractivity (Wildman–Crippen MR) is 94.2 cm³/mol. The smallest absolute Gasteiger partial charge is 0.338 e. The molecule has 0 aliphatic rings. The van der Waals surface area contributed by atoms with Crippen LogP contribution in [-0.4, -0.2) is 18.5 Å². The van der Waals surface area contributed by atoms with Crippen LogP contribution in [0.4, 0.5) is 0 Å². The van der Waals surface area contributed by atoms with Crippen molar-refractivity contribution in [1.82, 2.24) is 5.32 Å². The number of halogens is 1. The van der Waals surface area contributed by atoms with E-state index in [0.29, 0.717) is 10.6 Å². The van der Waals surface area contributed by atoms with Crippen LogP contribution in [0.1, 0.15) is 40.0 Å². The number of nitrogens with one attached hydrogen (secondary N) is 1. The molecule has 0 spiro atoms. The average Bonchev–Trinajstić information content (AvgIpc) is 2.55. The van der Waals surface area contributed by atoms with Gasteiger partial charge in [0.2, 0.25) is 0 Å². The lowest BCUT2D eigenvalue weighted by molar-refractivity contribution is -0.124. The molecule has 2 rings (SSSR count). The molecule has 4 nitrogen and oxygen atoms in total. The SMILES string of the molecule is Cc1cccc(C(=O)OCC(=O)N[C@@H](C)c2ccc(Cl)cc2)c1C. The van der Waals surface area contributed by atoms with Gasteiger partial charge in [0.1, 0.15) is 0 Å². The molecule has 1 amide bonds. The van der Waals surface area contributed by atoms with Crippen molar-refractivity contribution in [3.63, 3.8) is 0 Å². The summed E-state index contributed by atoms with van der Waals surface area (Å²) in [5, 5.41) is 3.43. The van der Waals surface area contributed by atoms with Gasteiger partial charge in [0.05, 0.1) is 11.6 Å². The van der Waals surface area contributed by atoms with Gasteiger partial charge in [-0.15, -0.1) is 0 Å². The Kier molecular flexibility index (Phi) is 5.99. The molecule has 0 heterocycles. The summed E-state index contributed by atoms with van der Waals surface area (Å²) >= 11 is 5.84. The zero-order valence-electron chi connectivity index (χ0n) is 13.9. The molecule has 2 aromatic carbocycles. The Balaban J connectivity index is 1.89. The van der Waals surface area contributed by atoms with E-state index in [9.17, 15) is 9.59 Å². The number of amides is 1. The third-order valence-corrected chi connectivity index (χ3v) is 4.16. The summed E-state index contributed by atoms with van der Waals surface area (Å²) in [6.07, 6.45) is 0. The fourth-order valence-corrected chi connectivity index (χ4v) is 2.42. The van der Waals surface area contributed by atoms with Crippen molar-refractivity contribution in [2.75, 3.05) is 6.61 Å². The van der Waals surface area contributed by atoms with Gasteiger partial charge in [-0.05, 0) is 55.7 Å². The van der Waals surface area contributed by atoms with E-state index >= 15 is 0 Å². The number of benzene rings is 2. The van der Waals surface area contributed by atoms with Crippen molar-refractivity contribution in [2.24, 2.45) is 0 Å². The van der Waals surface area contributed by atoms with Crippen molar-refractivity contribution in [2.45, 2.75) is 26.8 Å². The van der Waals surface area contributed by atoms with E-state index in [2.05, 4.69) is 5.32 Å². The molecule has 126 valence electrons. The van der Waals surface area contributed by atoms with Gasteiger partial charge in [-0.3, -0.25) is 4.79 Å². The highest BCUT2D eigenvalue weighted by Crippen LogP contribution is 2.16. The monoisotopic (exact) mass is 345 g/mol. The van der Waals surface area contributed by atoms with Crippen LogP contribution < -0.4 is 5.32 Å². The van der Waals surface area contributed by atoms with Gasteiger partial charge in [0, 0.05) is 5.02 Å². The topological polar surface area (TPSA) is 55.4 Å². The van der Waals surface area contributed by atoms with Gasteiger partial charge < -0.3 is 10.1 Å². The summed E-state index contributed by atoms with van der Waals surface area (Å²) in [6, 6.07) is 12.4. The van der Waals surface area contributed by atoms with Gasteiger partial charge in [0.15, 0.2) is 6.61 Å². The highest BCUT2D eigenvalue weighted by Gasteiger charge is 2.15. The van der Waals surface area contributed by atoms with Gasteiger partial charge in [-0.2, -0.15) is 0 Å². The van der Waals surface area contributed by atoms with E-state index in [4.69, 9.17) is 16.3 Å². The van der Waals surface area contributed by atoms with Gasteiger partial charge in [-0.25, -0.2) is 4.79 Å². The maximum Gasteiger partial charge on any atom is 0.338 e. The van der Waals surface area contributed by atoms with E-state index in [1.807, 2.05) is 39.0 Å². The molecule has 0 aliphatic carbocycles. The Bertz CT molecular complexity index is 741. The van der Waals surface area contributed by atoms with Gasteiger partial charge in [0.25, 0.3) is 5.91 Å². The normalized spacial score (nSPS) is 11.7. The number of rotatable bonds is 5. The lowest BCUT2D eigenvalue weighted by Crippen LogP contribution is -2.31. The molecule has 0 unspecified atom stereocenters. The molecule has 0 radical (unpaired) electrons. The maximum atomic E-state index is 12.1. The Morgan fingerprint density at radius 1 is 1.12 bits per heavy atom. The third-order valence-electron chi connectivity index (χ3n) is 3.91. The molecule has 1 N–H and O–H groups in total. The minimum atomic E-state index is -0.495. The summed E-state index contributed by atoms with van der Waals surface area (Å²) in [7, 11) is 0. The molecule has 0 bridgehead atoms. The molecular formula is C19H20ClNO3. The van der Waals surface area contributed by atoms with Crippen molar-refractivity contribution in [3.05, 3.63) is 69.7 Å². The first-order valence-electron chi connectivity index (χ1n) is 7.66. The minimum absolute atomic E-state index is 0.200. The van der Waals surface area contributed by atoms with E-state index < -0.39 is 5.97 Å². The van der Waals surface area contributed by atoms with Crippen molar-refractivity contribution < 1.29 is 14.3 Å². The second kappa shape index (κ2) is 7.97. The molecule has 0 fully saturated rings. The van der Waals surface area contributed by atoms with Gasteiger partial charge in [-0.1, -0.05) is 35.9 Å². The maximum absolute atomic E-state index is 12.1. The lowest BCUT2D eigenvalue weighted by Gasteiger charge is -2.15. The van der Waals surface area contributed by atoms with E-state index in [1.54, 1.807) is 24.3 Å². The van der Waals surface area contributed by atoms with Crippen LogP contribution in [0.25, 0.3) is 0 Å². The predicted octanol–water partition coefficient (Wildman–Crippen LogP) is 3.99. The first-order valence-corrected chi connectivity index (χ1v) is 8.04. The largest absolute Gasteiger partial charge is 0.452 e. The Hall–Kier alpha value is -2.33. The summed E-state index contributed by atoms with van der Waals surface area (Å²) in [4.78, 5) is 24.1. The number of esters is 1. The van der Waals surface area contributed by atoms with Crippen molar-refractivity contribution in [1.29, 1.82) is 0 Å². The van der Waals surface area contributed by atoms with Crippen LogP contribution in [-0.2, 0) is 9.53 Å². The van der Waals surface area contributed by atoms with Crippen LogP contribution in [0.3, 0.4) is 0 Å². The summed E-state index contributed by atoms with van der Waals surface area (Å²) < 4.78 is 5.11. The summed E-state index contributed by atoms with van der Waals surface area (Å²) in [5.41, 5.74) is 3.27. The number of carbonyl (C=O) groups excluding carboxylic acids is 2. The second-order valence-electron chi connectivity index (χ2n) is 5.66. The average molecular weight is 346 g/mol. The third kappa shape index (κ3) is 4.59. The zero-order chi connectivity index (χ0) is 17.7. The minimum Gasteiger partial charge on any atom is -0.452 e. The standard InChI is InChI=1S/C19H20ClNO3/c1-12-5-4-6-17(13(12)2)19(23)24-11-18(22)21-14(3)15-7-9-16(20)10-8-15/h4-10,14H,11H2,1-3H3,(H,21,22)/t14-/m0/s1. The summed E-state index contributed by atoms with van der Waals surface area (Å²) in [5.74, 6) is -0.846. The molecule has 2 aromatic rings. The van der Waals surface area contributed by atoms with E-state index in [0.717, 1.165) is 16.7 Å². The quantitative estimate of drug-likeness (QED) is 0.833. The second-order valence-corrected chi connectivity index (χ2v) is 6.10. The number of ether oxygens (including phenoxy) is 1. The van der Waals surface area contributed by atoms with Crippen LogP contribution in [0.5, 0.6) is 0 Å². The molecular weight excluding hydrogens is 326 g/mol. The highest BCUT2D eigenvalue weighted by atomic mass is 35.5. The van der Waals surface area contributed by atoms with Crippen LogP contribution in [0.2, 0.25) is 5.02 Å². The van der Waals surface area contributed by atoms with Crippen molar-refractivity contribution >= 4 is 23.5 Å². The fourth-order valence-electron chi connectivity index (χ4n) is 2.30. The molecule has 0 aliphatic heterocycles. The first kappa shape index (κ1) is 18.0.